The normalized spacial score (nSPS) is 32.2. The van der Waals surface area contributed by atoms with E-state index in [-0.39, 0.29) is 5.54 Å². The summed E-state index contributed by atoms with van der Waals surface area (Å²) >= 11 is 0. The molecule has 0 aromatic heterocycles. The first kappa shape index (κ1) is 15.3. The maximum atomic E-state index is 9.89. The zero-order chi connectivity index (χ0) is 13.9. The molecule has 19 heavy (non-hydrogen) atoms. The maximum absolute atomic E-state index is 9.89. The Morgan fingerprint density at radius 2 is 2.05 bits per heavy atom. The maximum Gasteiger partial charge on any atom is 0.0613 e. The third-order valence-corrected chi connectivity index (χ3v) is 4.73. The highest BCUT2D eigenvalue weighted by atomic mass is 16.3. The van der Waals surface area contributed by atoms with Crippen LogP contribution >= 0.6 is 0 Å². The molecule has 2 unspecified atom stereocenters. The van der Waals surface area contributed by atoms with Gasteiger partial charge in [0.25, 0.3) is 0 Å². The largest absolute Gasteiger partial charge is 0.394 e. The van der Waals surface area contributed by atoms with E-state index in [1.807, 2.05) is 0 Å². The van der Waals surface area contributed by atoms with Gasteiger partial charge in [0, 0.05) is 24.2 Å². The van der Waals surface area contributed by atoms with Crippen molar-refractivity contribution in [3.63, 3.8) is 0 Å². The average molecular weight is 268 g/mol. The van der Waals surface area contributed by atoms with Gasteiger partial charge in [-0.15, -0.1) is 0 Å². The predicted octanol–water partition coefficient (Wildman–Crippen LogP) is 2.39. The van der Waals surface area contributed by atoms with Crippen molar-refractivity contribution in [2.45, 2.75) is 76.9 Å². The molecule has 0 heterocycles. The van der Waals surface area contributed by atoms with Crippen molar-refractivity contribution >= 4 is 0 Å². The van der Waals surface area contributed by atoms with Crippen molar-refractivity contribution in [3.05, 3.63) is 0 Å². The molecular formula is C16H32N2O. The van der Waals surface area contributed by atoms with E-state index in [9.17, 15) is 5.11 Å². The smallest absolute Gasteiger partial charge is 0.0613 e. The zero-order valence-corrected chi connectivity index (χ0v) is 13.0. The van der Waals surface area contributed by atoms with Gasteiger partial charge in [-0.05, 0) is 51.0 Å². The Hall–Kier alpha value is -0.120. The van der Waals surface area contributed by atoms with Crippen molar-refractivity contribution in [3.8, 4) is 0 Å². The van der Waals surface area contributed by atoms with Gasteiger partial charge in [0.2, 0.25) is 0 Å². The van der Waals surface area contributed by atoms with E-state index in [0.717, 1.165) is 25.3 Å². The number of nitrogens with one attached hydrogen (secondary N) is 1. The molecule has 0 aromatic carbocycles. The standard InChI is InChI=1S/C16H32N2O/c1-4-18(11-13(2)3)15-6-5-9-16(10-15,12-19)17-14-7-8-14/h13-15,17,19H,4-12H2,1-3H3. The first-order valence-corrected chi connectivity index (χ1v) is 8.21. The van der Waals surface area contributed by atoms with Crippen molar-refractivity contribution < 1.29 is 5.11 Å². The van der Waals surface area contributed by atoms with Crippen LogP contribution in [0.5, 0.6) is 0 Å². The number of aliphatic hydroxyl groups is 1. The van der Waals surface area contributed by atoms with Crippen molar-refractivity contribution in [2.24, 2.45) is 5.92 Å². The molecule has 0 aliphatic heterocycles. The van der Waals surface area contributed by atoms with E-state index in [1.165, 1.54) is 32.2 Å². The lowest BCUT2D eigenvalue weighted by atomic mass is 9.78. The van der Waals surface area contributed by atoms with Crippen molar-refractivity contribution in [2.75, 3.05) is 19.7 Å². The molecule has 3 heteroatoms. The minimum atomic E-state index is 0.00842. The molecule has 3 nitrogen and oxygen atoms in total. The molecule has 2 N–H and O–H groups in total. The molecule has 2 rings (SSSR count). The van der Waals surface area contributed by atoms with Crippen LogP contribution in [0.25, 0.3) is 0 Å². The van der Waals surface area contributed by atoms with Crippen LogP contribution in [0.15, 0.2) is 0 Å². The van der Waals surface area contributed by atoms with Crippen LogP contribution in [0.2, 0.25) is 0 Å². The summed E-state index contributed by atoms with van der Waals surface area (Å²) in [5.74, 6) is 0.724. The summed E-state index contributed by atoms with van der Waals surface area (Å²) in [5.41, 5.74) is 0.00842. The minimum Gasteiger partial charge on any atom is -0.394 e. The van der Waals surface area contributed by atoms with Crippen LogP contribution in [-0.4, -0.2) is 47.3 Å². The first-order valence-electron chi connectivity index (χ1n) is 8.21. The predicted molar refractivity (Wildman–Crippen MR) is 80.3 cm³/mol. The van der Waals surface area contributed by atoms with E-state index in [0.29, 0.717) is 18.7 Å². The van der Waals surface area contributed by atoms with Gasteiger partial charge in [0.15, 0.2) is 0 Å². The van der Waals surface area contributed by atoms with E-state index in [1.54, 1.807) is 0 Å². The van der Waals surface area contributed by atoms with Crippen LogP contribution < -0.4 is 5.32 Å². The van der Waals surface area contributed by atoms with Crippen LogP contribution in [0.4, 0.5) is 0 Å². The lowest BCUT2D eigenvalue weighted by Crippen LogP contribution is -2.56. The number of hydrogen-bond acceptors (Lipinski definition) is 3. The molecular weight excluding hydrogens is 236 g/mol. The SMILES string of the molecule is CCN(CC(C)C)C1CCCC(CO)(NC2CC2)C1. The summed E-state index contributed by atoms with van der Waals surface area (Å²) in [5, 5.41) is 13.6. The topological polar surface area (TPSA) is 35.5 Å². The fourth-order valence-electron chi connectivity index (χ4n) is 3.63. The number of hydrogen-bond donors (Lipinski definition) is 2. The van der Waals surface area contributed by atoms with Crippen LogP contribution in [0.3, 0.4) is 0 Å². The van der Waals surface area contributed by atoms with Gasteiger partial charge in [-0.25, -0.2) is 0 Å². The summed E-state index contributed by atoms with van der Waals surface area (Å²) in [6.07, 6.45) is 7.43. The quantitative estimate of drug-likeness (QED) is 0.744. The van der Waals surface area contributed by atoms with Gasteiger partial charge < -0.3 is 15.3 Å². The van der Waals surface area contributed by atoms with Gasteiger partial charge in [-0.3, -0.25) is 0 Å². The van der Waals surface area contributed by atoms with Gasteiger partial charge in [0.05, 0.1) is 6.61 Å². The summed E-state index contributed by atoms with van der Waals surface area (Å²) in [6, 6.07) is 1.34. The van der Waals surface area contributed by atoms with Gasteiger partial charge in [0.1, 0.15) is 0 Å². The van der Waals surface area contributed by atoms with Crippen LogP contribution in [0, 0.1) is 5.92 Å². The second-order valence-corrected chi connectivity index (χ2v) is 7.09. The second kappa shape index (κ2) is 6.55. The lowest BCUT2D eigenvalue weighted by molar-refractivity contribution is 0.0552. The molecule has 112 valence electrons. The van der Waals surface area contributed by atoms with Crippen LogP contribution in [0.1, 0.15) is 59.3 Å². The summed E-state index contributed by atoms with van der Waals surface area (Å²) < 4.78 is 0. The Labute approximate surface area is 118 Å². The average Bonchev–Trinajstić information content (AvgIpc) is 3.19. The Morgan fingerprint density at radius 1 is 1.32 bits per heavy atom. The summed E-state index contributed by atoms with van der Waals surface area (Å²) in [7, 11) is 0. The molecule has 2 fully saturated rings. The lowest BCUT2D eigenvalue weighted by Gasteiger charge is -2.45. The molecule has 0 spiro atoms. The number of aliphatic hydroxyl groups excluding tert-OH is 1. The highest BCUT2D eigenvalue weighted by molar-refractivity contribution is 5.00. The van der Waals surface area contributed by atoms with E-state index < -0.39 is 0 Å². The van der Waals surface area contributed by atoms with E-state index in [2.05, 4.69) is 31.0 Å². The minimum absolute atomic E-state index is 0.00842. The summed E-state index contributed by atoms with van der Waals surface area (Å²) in [4.78, 5) is 2.63. The molecule has 2 aliphatic rings. The van der Waals surface area contributed by atoms with Crippen LogP contribution in [-0.2, 0) is 0 Å². The molecule has 0 amide bonds. The fraction of sp³-hybridized carbons (Fsp3) is 1.00. The third-order valence-electron chi connectivity index (χ3n) is 4.73. The fourth-order valence-corrected chi connectivity index (χ4v) is 3.63. The summed E-state index contributed by atoms with van der Waals surface area (Å²) in [6.45, 7) is 9.49. The van der Waals surface area contributed by atoms with Gasteiger partial charge in [-0.1, -0.05) is 20.8 Å². The molecule has 2 atom stereocenters. The Balaban J connectivity index is 1.96. The van der Waals surface area contributed by atoms with Crippen molar-refractivity contribution in [1.82, 2.24) is 10.2 Å². The Morgan fingerprint density at radius 3 is 2.58 bits per heavy atom. The first-order chi connectivity index (χ1) is 9.08. The van der Waals surface area contributed by atoms with Gasteiger partial charge in [-0.2, -0.15) is 0 Å². The van der Waals surface area contributed by atoms with Crippen molar-refractivity contribution in [1.29, 1.82) is 0 Å². The van der Waals surface area contributed by atoms with E-state index >= 15 is 0 Å². The highest BCUT2D eigenvalue weighted by Gasteiger charge is 2.40. The number of rotatable bonds is 7. The number of nitrogens with zero attached hydrogens (tertiary/aromatic N) is 1. The Kier molecular flexibility index (Phi) is 5.27. The second-order valence-electron chi connectivity index (χ2n) is 7.09. The molecule has 2 saturated carbocycles. The molecule has 0 saturated heterocycles. The molecule has 0 bridgehead atoms. The van der Waals surface area contributed by atoms with Gasteiger partial charge >= 0.3 is 0 Å². The molecule has 0 aromatic rings. The third kappa shape index (κ3) is 4.17. The van der Waals surface area contributed by atoms with E-state index in [4.69, 9.17) is 0 Å². The monoisotopic (exact) mass is 268 g/mol. The highest BCUT2D eigenvalue weighted by Crippen LogP contribution is 2.34. The molecule has 0 radical (unpaired) electrons. The zero-order valence-electron chi connectivity index (χ0n) is 13.0. The molecule has 2 aliphatic carbocycles. The Bertz CT molecular complexity index is 278.